The molecule has 32 heavy (non-hydrogen) atoms. The molecule has 2 aromatic carbocycles. The Morgan fingerprint density at radius 2 is 1.25 bits per heavy atom. The van der Waals surface area contributed by atoms with Gasteiger partial charge in [0.1, 0.15) is 0 Å². The van der Waals surface area contributed by atoms with Crippen molar-refractivity contribution in [3.05, 3.63) is 83.4 Å². The Kier molecular flexibility index (Phi) is 7.50. The molecule has 0 fully saturated rings. The van der Waals surface area contributed by atoms with E-state index in [9.17, 15) is 24.3 Å². The minimum Gasteiger partial charge on any atom is -0.392 e. The normalized spacial score (nSPS) is 15.7. The standard InChI is InChI=1S/C23H18N2O7/c26-14-15-11-18(24-22(29)31-20(27)16-7-3-1-4-8-16)13-19(12-15)25-23(30)32-21(28)17-9-5-2-6-10-17/h1-11,26H,12-14H2. The van der Waals surface area contributed by atoms with Gasteiger partial charge in [0, 0.05) is 18.6 Å². The highest BCUT2D eigenvalue weighted by molar-refractivity contribution is 6.17. The van der Waals surface area contributed by atoms with E-state index in [0.717, 1.165) is 0 Å². The third-order valence-electron chi connectivity index (χ3n) is 4.25. The Balaban J connectivity index is 1.67. The van der Waals surface area contributed by atoms with Crippen LogP contribution in [0.25, 0.3) is 0 Å². The van der Waals surface area contributed by atoms with Gasteiger partial charge in [-0.05, 0) is 35.9 Å². The van der Waals surface area contributed by atoms with Crippen molar-refractivity contribution in [2.75, 3.05) is 6.61 Å². The number of allylic oxidation sites excluding steroid dienone is 1. The van der Waals surface area contributed by atoms with E-state index in [-0.39, 0.29) is 42.0 Å². The zero-order chi connectivity index (χ0) is 22.9. The van der Waals surface area contributed by atoms with Crippen LogP contribution in [0.1, 0.15) is 33.6 Å². The molecule has 2 aromatic rings. The van der Waals surface area contributed by atoms with Gasteiger partial charge < -0.3 is 14.6 Å². The molecule has 0 spiro atoms. The number of aliphatic hydroxyl groups excluding tert-OH is 1. The number of amides is 2. The first-order chi connectivity index (χ1) is 15.4. The van der Waals surface area contributed by atoms with E-state index in [1.807, 2.05) is 0 Å². The minimum atomic E-state index is -1.15. The average Bonchev–Trinajstić information content (AvgIpc) is 2.79. The predicted octanol–water partition coefficient (Wildman–Crippen LogP) is 3.53. The van der Waals surface area contributed by atoms with Crippen LogP contribution in [-0.4, -0.2) is 47.3 Å². The Labute approximate surface area is 182 Å². The quantitative estimate of drug-likeness (QED) is 0.577. The molecule has 0 radical (unpaired) electrons. The summed E-state index contributed by atoms with van der Waals surface area (Å²) in [6.07, 6.45) is -0.734. The lowest BCUT2D eigenvalue weighted by molar-refractivity contribution is 0.0625. The lowest BCUT2D eigenvalue weighted by atomic mass is 9.96. The molecule has 0 heterocycles. The van der Waals surface area contributed by atoms with E-state index < -0.39 is 24.1 Å². The highest BCUT2D eigenvalue weighted by Crippen LogP contribution is 2.16. The maximum atomic E-state index is 12.0. The SMILES string of the molecule is O=C(N=C1C=C(CO)CC(=NC(=O)OC(=O)c2ccccc2)C1)OC(=O)c1ccccc1. The van der Waals surface area contributed by atoms with Gasteiger partial charge >= 0.3 is 24.1 Å². The molecule has 0 bridgehead atoms. The van der Waals surface area contributed by atoms with E-state index in [2.05, 4.69) is 9.98 Å². The molecule has 9 heteroatoms. The van der Waals surface area contributed by atoms with Gasteiger partial charge in [0.05, 0.1) is 23.4 Å². The molecule has 9 nitrogen and oxygen atoms in total. The fourth-order valence-corrected chi connectivity index (χ4v) is 2.84. The second kappa shape index (κ2) is 10.7. The number of hydrogen-bond acceptors (Lipinski definition) is 7. The first kappa shape index (κ1) is 22.4. The van der Waals surface area contributed by atoms with Crippen LogP contribution in [-0.2, 0) is 9.47 Å². The van der Waals surface area contributed by atoms with Gasteiger partial charge in [0.2, 0.25) is 0 Å². The number of carbonyl (C=O) groups is 4. The second-order valence-corrected chi connectivity index (χ2v) is 6.64. The minimum absolute atomic E-state index is 0.0350. The molecule has 0 saturated carbocycles. The smallest absolute Gasteiger partial charge is 0.392 e. The lowest BCUT2D eigenvalue weighted by Crippen LogP contribution is -2.20. The van der Waals surface area contributed by atoms with Gasteiger partial charge in [-0.15, -0.1) is 0 Å². The largest absolute Gasteiger partial charge is 0.441 e. The van der Waals surface area contributed by atoms with E-state index in [0.29, 0.717) is 5.57 Å². The van der Waals surface area contributed by atoms with Crippen molar-refractivity contribution in [1.29, 1.82) is 0 Å². The van der Waals surface area contributed by atoms with Crippen molar-refractivity contribution in [1.82, 2.24) is 0 Å². The Bertz CT molecular complexity index is 1120. The van der Waals surface area contributed by atoms with Crippen LogP contribution in [0.3, 0.4) is 0 Å². The number of benzene rings is 2. The molecule has 2 amide bonds. The molecule has 0 atom stereocenters. The van der Waals surface area contributed by atoms with Crippen LogP contribution >= 0.6 is 0 Å². The van der Waals surface area contributed by atoms with Crippen LogP contribution < -0.4 is 0 Å². The Hall–Kier alpha value is -4.24. The molecular weight excluding hydrogens is 416 g/mol. The van der Waals surface area contributed by atoms with Gasteiger partial charge in [-0.2, -0.15) is 9.98 Å². The van der Waals surface area contributed by atoms with Crippen molar-refractivity contribution < 1.29 is 33.8 Å². The summed E-state index contributed by atoms with van der Waals surface area (Å²) in [5.41, 5.74) is 1.16. The second-order valence-electron chi connectivity index (χ2n) is 6.64. The predicted molar refractivity (Wildman–Crippen MR) is 114 cm³/mol. The molecule has 0 unspecified atom stereocenters. The molecule has 0 saturated heterocycles. The maximum Gasteiger partial charge on any atom is 0.441 e. The number of rotatable bonds is 3. The summed E-state index contributed by atoms with van der Waals surface area (Å²) in [7, 11) is 0. The summed E-state index contributed by atoms with van der Waals surface area (Å²) in [4.78, 5) is 55.4. The Morgan fingerprint density at radius 1 is 0.750 bits per heavy atom. The highest BCUT2D eigenvalue weighted by Gasteiger charge is 2.20. The molecule has 162 valence electrons. The van der Waals surface area contributed by atoms with Gasteiger partial charge in [-0.3, -0.25) is 0 Å². The van der Waals surface area contributed by atoms with Crippen molar-refractivity contribution in [2.45, 2.75) is 12.8 Å². The number of aliphatic imine (C=N–C) groups is 2. The molecular formula is C23H18N2O7. The van der Waals surface area contributed by atoms with Gasteiger partial charge in [-0.25, -0.2) is 19.2 Å². The first-order valence-electron chi connectivity index (χ1n) is 9.51. The van der Waals surface area contributed by atoms with Gasteiger partial charge in [-0.1, -0.05) is 36.4 Å². The number of carbonyl (C=O) groups excluding carboxylic acids is 4. The monoisotopic (exact) mass is 434 g/mol. The molecule has 1 aliphatic carbocycles. The molecule has 0 aliphatic heterocycles. The van der Waals surface area contributed by atoms with Gasteiger partial charge in [0.25, 0.3) is 0 Å². The first-order valence-corrected chi connectivity index (χ1v) is 9.51. The number of hydrogen-bond donors (Lipinski definition) is 1. The van der Waals surface area contributed by atoms with Crippen molar-refractivity contribution in [2.24, 2.45) is 9.98 Å². The zero-order valence-corrected chi connectivity index (χ0v) is 16.8. The highest BCUT2D eigenvalue weighted by atomic mass is 16.6. The number of nitrogens with zero attached hydrogens (tertiary/aromatic N) is 2. The van der Waals surface area contributed by atoms with Crippen LogP contribution in [0, 0.1) is 0 Å². The fraction of sp³-hybridized carbons (Fsp3) is 0.130. The molecule has 1 N–H and O–H groups in total. The van der Waals surface area contributed by atoms with Gasteiger partial charge in [0.15, 0.2) is 0 Å². The molecule has 0 aromatic heterocycles. The van der Waals surface area contributed by atoms with Crippen molar-refractivity contribution in [3.63, 3.8) is 0 Å². The van der Waals surface area contributed by atoms with E-state index >= 15 is 0 Å². The summed E-state index contributed by atoms with van der Waals surface area (Å²) < 4.78 is 9.40. The van der Waals surface area contributed by atoms with Crippen molar-refractivity contribution in [3.8, 4) is 0 Å². The van der Waals surface area contributed by atoms with E-state index in [4.69, 9.17) is 9.47 Å². The van der Waals surface area contributed by atoms with E-state index in [1.165, 1.54) is 30.3 Å². The van der Waals surface area contributed by atoms with Crippen molar-refractivity contribution >= 4 is 35.5 Å². The summed E-state index contributed by atoms with van der Waals surface area (Å²) in [5.74, 6) is -1.72. The van der Waals surface area contributed by atoms with E-state index in [1.54, 1.807) is 36.4 Å². The topological polar surface area (TPSA) is 132 Å². The third-order valence-corrected chi connectivity index (χ3v) is 4.25. The lowest BCUT2D eigenvalue weighted by Gasteiger charge is -2.14. The number of ether oxygens (including phenoxy) is 2. The number of aliphatic hydroxyl groups is 1. The average molecular weight is 434 g/mol. The van der Waals surface area contributed by atoms with Crippen LogP contribution in [0.5, 0.6) is 0 Å². The summed E-state index contributed by atoms with van der Waals surface area (Å²) in [5, 5.41) is 9.46. The molecule has 3 rings (SSSR count). The Morgan fingerprint density at radius 3 is 1.75 bits per heavy atom. The third kappa shape index (κ3) is 6.38. The van der Waals surface area contributed by atoms with Crippen LogP contribution in [0.4, 0.5) is 9.59 Å². The zero-order valence-electron chi connectivity index (χ0n) is 16.8. The van der Waals surface area contributed by atoms with Crippen LogP contribution in [0.15, 0.2) is 82.3 Å². The molecule has 1 aliphatic rings. The summed E-state index contributed by atoms with van der Waals surface area (Å²) in [6, 6.07) is 15.9. The maximum absolute atomic E-state index is 12.0. The summed E-state index contributed by atoms with van der Waals surface area (Å²) >= 11 is 0. The summed E-state index contributed by atoms with van der Waals surface area (Å²) in [6.45, 7) is -0.367. The fourth-order valence-electron chi connectivity index (χ4n) is 2.84. The van der Waals surface area contributed by atoms with Crippen LogP contribution in [0.2, 0.25) is 0 Å². The number of esters is 2.